The van der Waals surface area contributed by atoms with Gasteiger partial charge < -0.3 is 0 Å². The molecular formula is C31H14. The molecule has 0 bridgehead atoms. The molecule has 0 atom stereocenters. The zero-order valence-electron chi connectivity index (χ0n) is 17.1. The maximum Gasteiger partial charge on any atom is 0.145 e. The predicted molar refractivity (Wildman–Crippen MR) is 126 cm³/mol. The van der Waals surface area contributed by atoms with Crippen LogP contribution >= 0.6 is 0 Å². The second-order valence-electron chi connectivity index (χ2n) is 6.64. The fraction of sp³-hybridized carbons (Fsp3) is 0.0968. The van der Waals surface area contributed by atoms with Gasteiger partial charge in [-0.05, 0) is 107 Å². The molecule has 0 aliphatic heterocycles. The normalized spacial score (nSPS) is 10.2. The molecule has 31 heavy (non-hydrogen) atoms. The summed E-state index contributed by atoms with van der Waals surface area (Å²) < 4.78 is 0. The molecule has 0 aromatic heterocycles. The van der Waals surface area contributed by atoms with E-state index in [0.717, 1.165) is 33.4 Å². The van der Waals surface area contributed by atoms with Crippen molar-refractivity contribution in [3.05, 3.63) is 58.7 Å². The Labute approximate surface area is 184 Å². The van der Waals surface area contributed by atoms with E-state index < -0.39 is 5.41 Å². The minimum Gasteiger partial charge on any atom is -0.106 e. The van der Waals surface area contributed by atoms with Gasteiger partial charge in [-0.25, -0.2) is 0 Å². The number of benzene rings is 2. The predicted octanol–water partition coefficient (Wildman–Crippen LogP) is 3.86. The van der Waals surface area contributed by atoms with Crippen LogP contribution < -0.4 is 0 Å². The van der Waals surface area contributed by atoms with Crippen molar-refractivity contribution in [1.29, 1.82) is 0 Å². The lowest BCUT2D eigenvalue weighted by Crippen LogP contribution is -2.21. The summed E-state index contributed by atoms with van der Waals surface area (Å²) in [6.45, 7) is 4.09. The largest absolute Gasteiger partial charge is 0.145 e. The van der Waals surface area contributed by atoms with E-state index in [2.05, 4.69) is 119 Å². The molecule has 138 valence electrons. The minimum absolute atomic E-state index is 0.870. The van der Waals surface area contributed by atoms with Gasteiger partial charge in [0.2, 0.25) is 0 Å². The molecule has 2 aromatic rings. The SMILES string of the molecule is C#CC#CC#CC#CC1(C#CC#CC#CC#C)c2cc(C)ccc2-c2ccc(C)cc21. The van der Waals surface area contributed by atoms with Crippen molar-refractivity contribution < 1.29 is 0 Å². The first kappa shape index (κ1) is 20.6. The van der Waals surface area contributed by atoms with Gasteiger partial charge in [0.1, 0.15) is 5.41 Å². The van der Waals surface area contributed by atoms with Gasteiger partial charge in [-0.15, -0.1) is 12.8 Å². The van der Waals surface area contributed by atoms with Crippen LogP contribution in [0.5, 0.6) is 0 Å². The number of rotatable bonds is 0. The van der Waals surface area contributed by atoms with Crippen molar-refractivity contribution >= 4 is 0 Å². The highest BCUT2D eigenvalue weighted by Crippen LogP contribution is 2.49. The highest BCUT2D eigenvalue weighted by atomic mass is 14.4. The maximum atomic E-state index is 5.12. The molecule has 0 heteroatoms. The van der Waals surface area contributed by atoms with Gasteiger partial charge in [-0.2, -0.15) is 0 Å². The first-order valence-electron chi connectivity index (χ1n) is 9.30. The van der Waals surface area contributed by atoms with Crippen molar-refractivity contribution in [1.82, 2.24) is 0 Å². The number of hydrogen-bond acceptors (Lipinski definition) is 0. The molecular weight excluding hydrogens is 372 g/mol. The number of fused-ring (bicyclic) bond motifs is 3. The molecule has 0 N–H and O–H groups in total. The average molecular weight is 386 g/mol. The molecule has 2 aromatic carbocycles. The Kier molecular flexibility index (Phi) is 6.27. The Balaban J connectivity index is 2.30. The molecule has 0 nitrogen and oxygen atoms in total. The lowest BCUT2D eigenvalue weighted by atomic mass is 9.78. The fourth-order valence-corrected chi connectivity index (χ4v) is 3.36. The minimum atomic E-state index is -0.870. The summed E-state index contributed by atoms with van der Waals surface area (Å²) in [5.41, 5.74) is 5.60. The molecule has 1 aliphatic carbocycles. The highest BCUT2D eigenvalue weighted by Gasteiger charge is 2.41. The summed E-state index contributed by atoms with van der Waals surface area (Å²) in [7, 11) is 0. The van der Waals surface area contributed by atoms with Crippen LogP contribution in [0.25, 0.3) is 11.1 Å². The van der Waals surface area contributed by atoms with E-state index in [1.54, 1.807) is 0 Å². The van der Waals surface area contributed by atoms with Gasteiger partial charge in [0, 0.05) is 0 Å². The van der Waals surface area contributed by atoms with Crippen LogP contribution in [-0.2, 0) is 5.41 Å². The van der Waals surface area contributed by atoms with E-state index in [-0.39, 0.29) is 0 Å². The Morgan fingerprint density at radius 3 is 1.35 bits per heavy atom. The smallest absolute Gasteiger partial charge is 0.106 e. The molecule has 0 spiro atoms. The number of terminal acetylenes is 2. The van der Waals surface area contributed by atoms with Crippen molar-refractivity contribution in [2.24, 2.45) is 0 Å². The van der Waals surface area contributed by atoms with Crippen LogP contribution in [0, 0.1) is 110 Å². The first-order chi connectivity index (χ1) is 15.1. The molecule has 0 unspecified atom stereocenters. The summed E-state index contributed by atoms with van der Waals surface area (Å²) in [6.07, 6.45) is 10.2. The Hall–Kier alpha value is -5.08. The number of aryl methyl sites for hydroxylation is 2. The Morgan fingerprint density at radius 2 is 0.935 bits per heavy atom. The molecule has 0 saturated heterocycles. The maximum absolute atomic E-state index is 5.12. The van der Waals surface area contributed by atoms with Crippen LogP contribution in [-0.4, -0.2) is 0 Å². The van der Waals surface area contributed by atoms with Crippen molar-refractivity contribution in [3.63, 3.8) is 0 Å². The molecule has 0 radical (unpaired) electrons. The highest BCUT2D eigenvalue weighted by molar-refractivity contribution is 5.86. The van der Waals surface area contributed by atoms with Gasteiger partial charge in [0.05, 0.1) is 0 Å². The standard InChI is InChI=1S/C31H14/c1-5-7-9-11-13-15-21-31(22-16-14-12-10-8-6-2)29-23-25(3)17-19-27(29)28-20-18-26(4)24-30(28)31/h1-2,17-20,23-24H,3-4H3. The summed E-state index contributed by atoms with van der Waals surface area (Å²) >= 11 is 0. The molecule has 0 amide bonds. The topological polar surface area (TPSA) is 0 Å². The first-order valence-corrected chi connectivity index (χ1v) is 9.30. The average Bonchev–Trinajstić information content (AvgIpc) is 3.02. The quantitative estimate of drug-likeness (QED) is 0.604. The van der Waals surface area contributed by atoms with Gasteiger partial charge in [-0.3, -0.25) is 0 Å². The van der Waals surface area contributed by atoms with Gasteiger partial charge in [0.15, 0.2) is 0 Å². The van der Waals surface area contributed by atoms with Crippen LogP contribution in [0.4, 0.5) is 0 Å². The van der Waals surface area contributed by atoms with Crippen LogP contribution in [0.2, 0.25) is 0 Å². The molecule has 0 fully saturated rings. The van der Waals surface area contributed by atoms with E-state index >= 15 is 0 Å². The Morgan fingerprint density at radius 1 is 0.548 bits per heavy atom. The summed E-state index contributed by atoms with van der Waals surface area (Å²) in [5.74, 6) is 37.7. The summed E-state index contributed by atoms with van der Waals surface area (Å²) in [5, 5.41) is 0. The molecule has 0 heterocycles. The summed E-state index contributed by atoms with van der Waals surface area (Å²) in [4.78, 5) is 0. The van der Waals surface area contributed by atoms with E-state index in [1.807, 2.05) is 13.8 Å². The Bertz CT molecular complexity index is 1420. The third-order valence-corrected chi connectivity index (χ3v) is 4.59. The third kappa shape index (κ3) is 4.34. The van der Waals surface area contributed by atoms with Crippen LogP contribution in [0.1, 0.15) is 22.3 Å². The van der Waals surface area contributed by atoms with Crippen LogP contribution in [0.3, 0.4) is 0 Å². The van der Waals surface area contributed by atoms with E-state index in [0.29, 0.717) is 0 Å². The lowest BCUT2D eigenvalue weighted by molar-refractivity contribution is 0.913. The number of hydrogen-bond donors (Lipinski definition) is 0. The van der Waals surface area contributed by atoms with Crippen LogP contribution in [0.15, 0.2) is 36.4 Å². The third-order valence-electron chi connectivity index (χ3n) is 4.59. The van der Waals surface area contributed by atoms with Gasteiger partial charge in [0.25, 0.3) is 0 Å². The van der Waals surface area contributed by atoms with Crippen molar-refractivity contribution in [2.45, 2.75) is 19.3 Å². The second kappa shape index (κ2) is 9.41. The van der Waals surface area contributed by atoms with Gasteiger partial charge >= 0.3 is 0 Å². The fourth-order valence-electron chi connectivity index (χ4n) is 3.36. The molecule has 0 saturated carbocycles. The van der Waals surface area contributed by atoms with Crippen molar-refractivity contribution in [2.75, 3.05) is 0 Å². The summed E-state index contributed by atoms with van der Waals surface area (Å²) in [6, 6.07) is 12.6. The van der Waals surface area contributed by atoms with Gasteiger partial charge in [-0.1, -0.05) is 59.4 Å². The molecule has 1 aliphatic rings. The molecule has 3 rings (SSSR count). The second-order valence-corrected chi connectivity index (χ2v) is 6.64. The van der Waals surface area contributed by atoms with E-state index in [9.17, 15) is 0 Å². The van der Waals surface area contributed by atoms with Crippen molar-refractivity contribution in [3.8, 4) is 107 Å². The zero-order valence-corrected chi connectivity index (χ0v) is 17.1. The monoisotopic (exact) mass is 386 g/mol. The van der Waals surface area contributed by atoms with E-state index in [1.165, 1.54) is 0 Å². The lowest BCUT2D eigenvalue weighted by Gasteiger charge is -2.20. The zero-order chi connectivity index (χ0) is 22.1. The van der Waals surface area contributed by atoms with E-state index in [4.69, 9.17) is 12.8 Å².